The Morgan fingerprint density at radius 2 is 0.588 bits per heavy atom. The Labute approximate surface area is 120 Å². The van der Waals surface area contributed by atoms with Gasteiger partial charge in [0.1, 0.15) is 0 Å². The maximum atomic E-state index is 2.47. The van der Waals surface area contributed by atoms with Gasteiger partial charge >= 0.3 is 0 Å². The Morgan fingerprint density at radius 1 is 0.529 bits per heavy atom. The molecule has 0 aromatic carbocycles. The van der Waals surface area contributed by atoms with Gasteiger partial charge in [-0.05, 0) is 0 Å². The monoisotopic (exact) mass is 312 g/mol. The van der Waals surface area contributed by atoms with Crippen LogP contribution in [-0.2, 0) is 0 Å². The van der Waals surface area contributed by atoms with E-state index in [1.807, 2.05) is 0 Å². The highest BCUT2D eigenvalue weighted by Gasteiger charge is 2.31. The maximum Gasteiger partial charge on any atom is 0.0379 e. The molecule has 0 N–H and O–H groups in total. The first-order valence-corrected chi connectivity index (χ1v) is 21.6. The first kappa shape index (κ1) is 26.4. The maximum absolute atomic E-state index is 2.47. The van der Waals surface area contributed by atoms with Gasteiger partial charge in [0.05, 0.1) is 0 Å². The summed E-state index contributed by atoms with van der Waals surface area (Å²) in [6, 6.07) is 0. The van der Waals surface area contributed by atoms with Crippen LogP contribution in [-0.4, -0.2) is 32.8 Å². The van der Waals surface area contributed by atoms with Crippen molar-refractivity contribution in [1.29, 1.82) is 0 Å². The minimum absolute atomic E-state index is 0. The summed E-state index contributed by atoms with van der Waals surface area (Å²) >= 11 is 0. The van der Waals surface area contributed by atoms with Gasteiger partial charge in [-0.1, -0.05) is 86.0 Å². The summed E-state index contributed by atoms with van der Waals surface area (Å²) in [6.07, 6.45) is 0. The van der Waals surface area contributed by atoms with Crippen molar-refractivity contribution in [1.82, 2.24) is 0 Å². The summed E-state index contributed by atoms with van der Waals surface area (Å²) in [7, 11) is -1.72. The largest absolute Gasteiger partial charge is 0.0776 e. The fourth-order valence-electron chi connectivity index (χ4n) is 0. The molecule has 0 fully saturated rings. The molecule has 0 aromatic heterocycles. The van der Waals surface area contributed by atoms with Crippen molar-refractivity contribution >= 4 is 32.8 Å². The van der Waals surface area contributed by atoms with Crippen LogP contribution in [0.4, 0.5) is 0 Å². The second-order valence-electron chi connectivity index (χ2n) is 7.96. The summed E-state index contributed by atoms with van der Waals surface area (Å²) in [5.74, 6) is 0. The molecule has 0 rings (SSSR count). The van der Waals surface area contributed by atoms with E-state index in [0.717, 1.165) is 0 Å². The molecule has 4 heteroatoms. The Hall–Kier alpha value is 0.868. The van der Waals surface area contributed by atoms with Crippen molar-refractivity contribution in [3.05, 3.63) is 0 Å². The van der Waals surface area contributed by atoms with Crippen LogP contribution in [0.3, 0.4) is 0 Å². The lowest BCUT2D eigenvalue weighted by molar-refractivity contribution is 1.71. The minimum Gasteiger partial charge on any atom is -0.0776 e. The second kappa shape index (κ2) is 11.9. The van der Waals surface area contributed by atoms with Crippen molar-refractivity contribution in [2.45, 2.75) is 86.0 Å². The highest BCUT2D eigenvalue weighted by atomic mass is 29.3. The van der Waals surface area contributed by atoms with Crippen LogP contribution < -0.4 is 0 Å². The first-order valence-electron chi connectivity index (χ1n) is 6.71. The Bertz CT molecular complexity index is 123. The molecule has 112 valence electrons. The fourth-order valence-corrected chi connectivity index (χ4v) is 0. The van der Waals surface area contributed by atoms with Crippen molar-refractivity contribution in [3.8, 4) is 0 Å². The van der Waals surface area contributed by atoms with Crippen molar-refractivity contribution in [3.63, 3.8) is 0 Å². The summed E-state index contributed by atoms with van der Waals surface area (Å²) in [6.45, 7) is 28.7. The third-order valence-electron chi connectivity index (χ3n) is 2.25. The van der Waals surface area contributed by atoms with Gasteiger partial charge in [0, 0.05) is 34.2 Å². The molecule has 0 saturated carbocycles. The van der Waals surface area contributed by atoms with E-state index in [1.54, 1.807) is 0 Å². The molecule has 0 atom stereocenters. The molecular formula is C13H44Si4. The summed E-state index contributed by atoms with van der Waals surface area (Å²) in [5.41, 5.74) is 0. The number of rotatable bonds is 1. The van der Waals surface area contributed by atoms with Crippen molar-refractivity contribution in [2.24, 2.45) is 0 Å². The lowest BCUT2D eigenvalue weighted by atomic mass is 11.8. The molecule has 0 heterocycles. The lowest BCUT2D eigenvalue weighted by Crippen LogP contribution is -2.49. The molecule has 0 aliphatic heterocycles. The van der Waals surface area contributed by atoms with Crippen LogP contribution in [0.15, 0.2) is 0 Å². The molecule has 0 nitrogen and oxygen atoms in total. The Morgan fingerprint density at radius 3 is 0.588 bits per heavy atom. The van der Waals surface area contributed by atoms with E-state index in [0.29, 0.717) is 0 Å². The molecule has 0 aromatic rings. The smallest absolute Gasteiger partial charge is 0.0379 e. The van der Waals surface area contributed by atoms with Crippen molar-refractivity contribution < 1.29 is 1.43 Å². The van der Waals surface area contributed by atoms with E-state index < -0.39 is 15.2 Å². The highest BCUT2D eigenvalue weighted by molar-refractivity contribution is 7.39. The number of hydrogen-bond acceptors (Lipinski definition) is 0. The molecule has 17 heavy (non-hydrogen) atoms. The Kier molecular flexibility index (Phi) is 18.6. The van der Waals surface area contributed by atoms with Gasteiger partial charge in [0.25, 0.3) is 0 Å². The zero-order chi connectivity index (χ0) is 14.2. The van der Waals surface area contributed by atoms with Crippen LogP contribution in [0.1, 0.15) is 8.85 Å². The number of hydrogen-bond donors (Lipinski definition) is 0. The SMILES string of the molecule is C.C[SiH](C)C.C[SiH](C)C.C[Si](C)(C)[Si](C)(C)C.[HH]. The third kappa shape index (κ3) is 38.3. The third-order valence-corrected chi connectivity index (χ3v) is 20.2. The molecule has 0 spiro atoms. The molecule has 0 radical (unpaired) electrons. The average Bonchev–Trinajstić information content (AvgIpc) is 1.76. The molecule has 0 aliphatic carbocycles. The summed E-state index contributed by atoms with van der Waals surface area (Å²) < 4.78 is 0. The van der Waals surface area contributed by atoms with E-state index in [9.17, 15) is 0 Å². The van der Waals surface area contributed by atoms with Gasteiger partial charge in [-0.15, -0.1) is 0 Å². The fraction of sp³-hybridized carbons (Fsp3) is 1.00. The highest BCUT2D eigenvalue weighted by Crippen LogP contribution is 2.16. The molecule has 0 unspecified atom stereocenters. The predicted molar refractivity (Wildman–Crippen MR) is 105 cm³/mol. The second-order valence-corrected chi connectivity index (χ2v) is 32.9. The van der Waals surface area contributed by atoms with Gasteiger partial charge in [-0.3, -0.25) is 0 Å². The van der Waals surface area contributed by atoms with Crippen LogP contribution in [0.2, 0.25) is 78.6 Å². The first-order chi connectivity index (χ1) is 6.71. The van der Waals surface area contributed by atoms with Gasteiger partial charge in [0.2, 0.25) is 0 Å². The average molecular weight is 313 g/mol. The quantitative estimate of drug-likeness (QED) is 0.534. The van der Waals surface area contributed by atoms with Crippen LogP contribution in [0.25, 0.3) is 0 Å². The molecule has 0 saturated heterocycles. The van der Waals surface area contributed by atoms with E-state index in [2.05, 4.69) is 78.6 Å². The summed E-state index contributed by atoms with van der Waals surface area (Å²) in [4.78, 5) is 0. The summed E-state index contributed by atoms with van der Waals surface area (Å²) in [5, 5.41) is 0. The predicted octanol–water partition coefficient (Wildman–Crippen LogP) is 5.83. The van der Waals surface area contributed by atoms with Crippen molar-refractivity contribution in [2.75, 3.05) is 0 Å². The molecule has 0 amide bonds. The lowest BCUT2D eigenvalue weighted by Gasteiger charge is -2.30. The van der Waals surface area contributed by atoms with Gasteiger partial charge in [-0.2, -0.15) is 0 Å². The Balaban J connectivity index is -0.0000000489. The van der Waals surface area contributed by atoms with Crippen LogP contribution >= 0.6 is 0 Å². The molecule has 0 aliphatic rings. The van der Waals surface area contributed by atoms with Gasteiger partial charge in [0.15, 0.2) is 0 Å². The van der Waals surface area contributed by atoms with E-state index in [1.165, 1.54) is 0 Å². The van der Waals surface area contributed by atoms with E-state index >= 15 is 0 Å². The zero-order valence-electron chi connectivity index (χ0n) is 14.2. The van der Waals surface area contributed by atoms with E-state index in [4.69, 9.17) is 0 Å². The van der Waals surface area contributed by atoms with Crippen LogP contribution in [0, 0.1) is 0 Å². The normalized spacial score (nSPS) is 10.9. The molecular weight excluding hydrogens is 268 g/mol. The molecule has 0 bridgehead atoms. The zero-order valence-corrected chi connectivity index (χ0v) is 18.5. The van der Waals surface area contributed by atoms with Crippen LogP contribution in [0.5, 0.6) is 0 Å². The van der Waals surface area contributed by atoms with E-state index in [-0.39, 0.29) is 26.4 Å². The standard InChI is InChI=1S/C6H18Si2.2C3H10Si.CH4.H2/c1-7(2,3)8(4,5)6;2*1-4(2)3;;/h1-6H3;2*4H,1-3H3;1H4;1H. The topological polar surface area (TPSA) is 0 Å². The minimum atomic E-state index is -0.720. The van der Waals surface area contributed by atoms with Gasteiger partial charge in [-0.25, -0.2) is 0 Å². The van der Waals surface area contributed by atoms with Gasteiger partial charge < -0.3 is 0 Å².